The first-order chi connectivity index (χ1) is 12.3. The Bertz CT molecular complexity index is 519. The minimum absolute atomic E-state index is 0. The molecule has 8 heteroatoms. The molecule has 1 aromatic heterocycles. The van der Waals surface area contributed by atoms with E-state index in [1.165, 1.54) is 0 Å². The lowest BCUT2D eigenvalue weighted by molar-refractivity contribution is -0.122. The van der Waals surface area contributed by atoms with Crippen LogP contribution in [0.1, 0.15) is 31.9 Å². The molecule has 1 aliphatic carbocycles. The van der Waals surface area contributed by atoms with Gasteiger partial charge < -0.3 is 25.1 Å². The molecule has 0 bridgehead atoms. The van der Waals surface area contributed by atoms with E-state index in [0.717, 1.165) is 57.2 Å². The summed E-state index contributed by atoms with van der Waals surface area (Å²) >= 11 is 0. The van der Waals surface area contributed by atoms with Crippen molar-refractivity contribution in [2.24, 2.45) is 10.9 Å². The molecule has 3 N–H and O–H groups in total. The first kappa shape index (κ1) is 22.8. The van der Waals surface area contributed by atoms with Crippen LogP contribution in [-0.4, -0.2) is 51.3 Å². The van der Waals surface area contributed by atoms with Gasteiger partial charge in [-0.15, -0.1) is 24.0 Å². The van der Waals surface area contributed by atoms with Gasteiger partial charge in [0.25, 0.3) is 0 Å². The van der Waals surface area contributed by atoms with Gasteiger partial charge in [0.15, 0.2) is 5.96 Å². The topological polar surface area (TPSA) is 87.9 Å². The number of amides is 1. The fraction of sp³-hybridized carbons (Fsp3) is 0.667. The Hall–Kier alpha value is -1.29. The van der Waals surface area contributed by atoms with E-state index in [1.54, 1.807) is 6.26 Å². The van der Waals surface area contributed by atoms with E-state index < -0.39 is 0 Å². The van der Waals surface area contributed by atoms with E-state index in [1.807, 2.05) is 19.1 Å². The molecular weight excluding hydrogens is 447 g/mol. The second-order valence-electron chi connectivity index (χ2n) is 6.03. The molecule has 0 aliphatic heterocycles. The van der Waals surface area contributed by atoms with Gasteiger partial charge in [-0.05, 0) is 38.3 Å². The quantitative estimate of drug-likeness (QED) is 0.185. The summed E-state index contributed by atoms with van der Waals surface area (Å²) in [7, 11) is 0. The van der Waals surface area contributed by atoms with Crippen LogP contribution in [0, 0.1) is 5.92 Å². The third kappa shape index (κ3) is 10.0. The lowest BCUT2D eigenvalue weighted by atomic mass is 10.3. The maximum absolute atomic E-state index is 11.6. The minimum Gasteiger partial charge on any atom is -0.469 e. The summed E-state index contributed by atoms with van der Waals surface area (Å²) in [4.78, 5) is 16.2. The number of halogens is 1. The number of carbonyl (C=O) groups is 1. The van der Waals surface area contributed by atoms with Gasteiger partial charge in [-0.2, -0.15) is 0 Å². The van der Waals surface area contributed by atoms with Gasteiger partial charge in [0.2, 0.25) is 5.91 Å². The molecule has 0 atom stereocenters. The summed E-state index contributed by atoms with van der Waals surface area (Å²) in [6.45, 7) is 6.13. The Morgan fingerprint density at radius 1 is 1.27 bits per heavy atom. The molecule has 1 heterocycles. The lowest BCUT2D eigenvalue weighted by Crippen LogP contribution is -2.42. The van der Waals surface area contributed by atoms with Crippen molar-refractivity contribution in [3.8, 4) is 0 Å². The molecule has 0 spiro atoms. The SMILES string of the molecule is CCOCCCN=C(NCCNC(=O)C1CC1)NCCc1ccco1.I. The number of aliphatic imine (C=N–C) groups is 1. The molecule has 0 aromatic carbocycles. The smallest absolute Gasteiger partial charge is 0.223 e. The van der Waals surface area contributed by atoms with Crippen molar-refractivity contribution in [3.05, 3.63) is 24.2 Å². The first-order valence-electron chi connectivity index (χ1n) is 9.19. The Kier molecular flexibility index (Phi) is 12.1. The van der Waals surface area contributed by atoms with Crippen LogP contribution in [0.3, 0.4) is 0 Å². The predicted molar refractivity (Wildman–Crippen MR) is 113 cm³/mol. The van der Waals surface area contributed by atoms with Crippen molar-refractivity contribution in [2.75, 3.05) is 39.4 Å². The van der Waals surface area contributed by atoms with E-state index in [0.29, 0.717) is 19.6 Å². The Balaban J connectivity index is 0.00000338. The fourth-order valence-electron chi connectivity index (χ4n) is 2.29. The molecule has 148 valence electrons. The summed E-state index contributed by atoms with van der Waals surface area (Å²) in [5, 5.41) is 9.50. The first-order valence-corrected chi connectivity index (χ1v) is 9.19. The summed E-state index contributed by atoms with van der Waals surface area (Å²) in [6, 6.07) is 3.85. The molecule has 0 radical (unpaired) electrons. The number of hydrogen-bond donors (Lipinski definition) is 3. The molecule has 7 nitrogen and oxygen atoms in total. The maximum Gasteiger partial charge on any atom is 0.223 e. The average Bonchev–Trinajstić information content (AvgIpc) is 3.35. The lowest BCUT2D eigenvalue weighted by Gasteiger charge is -2.13. The molecule has 1 saturated carbocycles. The van der Waals surface area contributed by atoms with Crippen molar-refractivity contribution in [1.82, 2.24) is 16.0 Å². The van der Waals surface area contributed by atoms with E-state index >= 15 is 0 Å². The average molecular weight is 478 g/mol. The van der Waals surface area contributed by atoms with Crippen molar-refractivity contribution in [2.45, 2.75) is 32.6 Å². The highest BCUT2D eigenvalue weighted by Gasteiger charge is 2.28. The maximum atomic E-state index is 11.6. The van der Waals surface area contributed by atoms with Gasteiger partial charge in [-0.3, -0.25) is 9.79 Å². The van der Waals surface area contributed by atoms with Gasteiger partial charge in [0.1, 0.15) is 5.76 Å². The normalized spacial score (nSPS) is 13.8. The number of nitrogens with zero attached hydrogens (tertiary/aromatic N) is 1. The van der Waals surface area contributed by atoms with Crippen LogP contribution in [0.5, 0.6) is 0 Å². The van der Waals surface area contributed by atoms with E-state index in [4.69, 9.17) is 9.15 Å². The molecule has 1 amide bonds. The van der Waals surface area contributed by atoms with Gasteiger partial charge in [-0.1, -0.05) is 0 Å². The number of guanidine groups is 1. The minimum atomic E-state index is 0. The van der Waals surface area contributed by atoms with Crippen LogP contribution in [0.4, 0.5) is 0 Å². The third-order valence-corrected chi connectivity index (χ3v) is 3.83. The van der Waals surface area contributed by atoms with Crippen molar-refractivity contribution < 1.29 is 13.9 Å². The molecule has 1 aromatic rings. The number of carbonyl (C=O) groups excluding carboxylic acids is 1. The number of furan rings is 1. The highest BCUT2D eigenvalue weighted by Crippen LogP contribution is 2.28. The Morgan fingerprint density at radius 3 is 2.73 bits per heavy atom. The highest BCUT2D eigenvalue weighted by atomic mass is 127. The standard InChI is InChI=1S/C18H30N4O3.HI/c1-2-24-13-4-9-20-18(21-10-8-16-5-3-14-25-16)22-12-11-19-17(23)15-6-7-15;/h3,5,14-15H,2,4,6-13H2,1H3,(H,19,23)(H2,20,21,22);1H. The van der Waals surface area contributed by atoms with E-state index in [-0.39, 0.29) is 35.8 Å². The zero-order valence-electron chi connectivity index (χ0n) is 15.5. The summed E-state index contributed by atoms with van der Waals surface area (Å²) in [6.07, 6.45) is 5.42. The molecule has 26 heavy (non-hydrogen) atoms. The molecule has 1 aliphatic rings. The van der Waals surface area contributed by atoms with Crippen LogP contribution < -0.4 is 16.0 Å². The van der Waals surface area contributed by atoms with Crippen LogP contribution in [-0.2, 0) is 16.0 Å². The number of rotatable bonds is 12. The summed E-state index contributed by atoms with van der Waals surface area (Å²) in [5.74, 6) is 2.12. The van der Waals surface area contributed by atoms with Gasteiger partial charge >= 0.3 is 0 Å². The van der Waals surface area contributed by atoms with Crippen molar-refractivity contribution in [3.63, 3.8) is 0 Å². The number of nitrogens with one attached hydrogen (secondary N) is 3. The highest BCUT2D eigenvalue weighted by molar-refractivity contribution is 14.0. The van der Waals surface area contributed by atoms with Crippen molar-refractivity contribution in [1.29, 1.82) is 0 Å². The molecule has 0 saturated heterocycles. The zero-order chi connectivity index (χ0) is 17.7. The zero-order valence-corrected chi connectivity index (χ0v) is 17.8. The second kappa shape index (κ2) is 13.9. The van der Waals surface area contributed by atoms with Crippen molar-refractivity contribution >= 4 is 35.8 Å². The van der Waals surface area contributed by atoms with Gasteiger partial charge in [-0.25, -0.2) is 0 Å². The third-order valence-electron chi connectivity index (χ3n) is 3.83. The Labute approximate surface area is 172 Å². The fourth-order valence-corrected chi connectivity index (χ4v) is 2.29. The Morgan fingerprint density at radius 2 is 2.04 bits per heavy atom. The monoisotopic (exact) mass is 478 g/mol. The molecular formula is C18H31IN4O3. The van der Waals surface area contributed by atoms with Crippen LogP contribution in [0.25, 0.3) is 0 Å². The molecule has 0 unspecified atom stereocenters. The number of hydrogen-bond acceptors (Lipinski definition) is 4. The largest absolute Gasteiger partial charge is 0.469 e. The summed E-state index contributed by atoms with van der Waals surface area (Å²) in [5.41, 5.74) is 0. The van der Waals surface area contributed by atoms with E-state index in [9.17, 15) is 4.79 Å². The van der Waals surface area contributed by atoms with Gasteiger partial charge in [0, 0.05) is 51.7 Å². The van der Waals surface area contributed by atoms with Crippen LogP contribution in [0.2, 0.25) is 0 Å². The van der Waals surface area contributed by atoms with Crippen LogP contribution in [0.15, 0.2) is 27.8 Å². The van der Waals surface area contributed by atoms with Gasteiger partial charge in [0.05, 0.1) is 6.26 Å². The van der Waals surface area contributed by atoms with E-state index in [2.05, 4.69) is 20.9 Å². The molecule has 1 fully saturated rings. The second-order valence-corrected chi connectivity index (χ2v) is 6.03. The molecule has 2 rings (SSSR count). The predicted octanol–water partition coefficient (Wildman–Crippen LogP) is 1.93. The number of ether oxygens (including phenoxy) is 1. The van der Waals surface area contributed by atoms with Crippen LogP contribution >= 0.6 is 24.0 Å². The summed E-state index contributed by atoms with van der Waals surface area (Å²) < 4.78 is 10.7.